The summed E-state index contributed by atoms with van der Waals surface area (Å²) in [4.78, 5) is 0. The number of aryl methyl sites for hydroxylation is 1. The molecule has 16 heavy (non-hydrogen) atoms. The number of aliphatic hydroxyl groups excluding tert-OH is 1. The van der Waals surface area contributed by atoms with Gasteiger partial charge in [0.2, 0.25) is 0 Å². The van der Waals surface area contributed by atoms with Crippen LogP contribution in [-0.2, 0) is 0 Å². The lowest BCUT2D eigenvalue weighted by Crippen LogP contribution is -1.99. The second-order valence-electron chi connectivity index (χ2n) is 4.76. The van der Waals surface area contributed by atoms with Crippen molar-refractivity contribution in [3.8, 4) is 0 Å². The molecule has 0 radical (unpaired) electrons. The van der Waals surface area contributed by atoms with E-state index in [4.69, 9.17) is 4.42 Å². The second-order valence-corrected chi connectivity index (χ2v) is 4.76. The largest absolute Gasteiger partial charge is 0.461 e. The summed E-state index contributed by atoms with van der Waals surface area (Å²) in [6.45, 7) is 1.94. The van der Waals surface area contributed by atoms with E-state index in [0.717, 1.165) is 34.6 Å². The Morgan fingerprint density at radius 2 is 2.12 bits per heavy atom. The highest BCUT2D eigenvalue weighted by atomic mass is 16.3. The Labute approximate surface area is 94.9 Å². The van der Waals surface area contributed by atoms with Gasteiger partial charge in [0.25, 0.3) is 0 Å². The molecule has 2 nitrogen and oxygen atoms in total. The molecule has 1 N–H and O–H groups in total. The number of rotatable bonds is 3. The third-order valence-electron chi connectivity index (χ3n) is 3.41. The third kappa shape index (κ3) is 1.63. The summed E-state index contributed by atoms with van der Waals surface area (Å²) in [6, 6.07) is 7.93. The Bertz CT molecular complexity index is 508. The predicted octanol–water partition coefficient (Wildman–Crippen LogP) is 3.57. The van der Waals surface area contributed by atoms with Gasteiger partial charge in [-0.25, -0.2) is 0 Å². The molecule has 0 saturated heterocycles. The maximum atomic E-state index is 10.2. The molecule has 1 aromatic heterocycles. The maximum Gasteiger partial charge on any atom is 0.134 e. The molecule has 1 aromatic carbocycles. The van der Waals surface area contributed by atoms with E-state index in [2.05, 4.69) is 0 Å². The first kappa shape index (κ1) is 9.91. The molecule has 0 amide bonds. The molecule has 2 heteroatoms. The predicted molar refractivity (Wildman–Crippen MR) is 63.3 cm³/mol. The Morgan fingerprint density at radius 1 is 1.38 bits per heavy atom. The van der Waals surface area contributed by atoms with Crippen LogP contribution in [-0.4, -0.2) is 5.11 Å². The van der Waals surface area contributed by atoms with Gasteiger partial charge in [0.05, 0.1) is 6.10 Å². The number of hydrogen-bond donors (Lipinski definition) is 1. The molecule has 84 valence electrons. The minimum absolute atomic E-state index is 0.365. The summed E-state index contributed by atoms with van der Waals surface area (Å²) >= 11 is 0. The molecule has 3 rings (SSSR count). The lowest BCUT2D eigenvalue weighted by atomic mass is 10.0. The highest BCUT2D eigenvalue weighted by molar-refractivity contribution is 5.82. The lowest BCUT2D eigenvalue weighted by molar-refractivity contribution is 0.159. The van der Waals surface area contributed by atoms with Crippen LogP contribution in [0.2, 0.25) is 0 Å². The van der Waals surface area contributed by atoms with Crippen LogP contribution in [0.4, 0.5) is 0 Å². The van der Waals surface area contributed by atoms with Crippen molar-refractivity contribution in [1.82, 2.24) is 0 Å². The van der Waals surface area contributed by atoms with Gasteiger partial charge in [-0.1, -0.05) is 31.0 Å². The first-order chi connectivity index (χ1) is 7.75. The standard InChI is InChI=1S/C14H16O2/c1-9-14(12(15)8-10-6-7-10)11-4-2-3-5-13(11)16-9/h2-5,10,12,15H,6-8H2,1H3. The highest BCUT2D eigenvalue weighted by Crippen LogP contribution is 2.40. The zero-order valence-electron chi connectivity index (χ0n) is 9.44. The van der Waals surface area contributed by atoms with Crippen LogP contribution in [0.25, 0.3) is 11.0 Å². The van der Waals surface area contributed by atoms with Crippen molar-refractivity contribution in [3.63, 3.8) is 0 Å². The second kappa shape index (κ2) is 3.63. The maximum absolute atomic E-state index is 10.2. The Kier molecular flexibility index (Phi) is 2.25. The van der Waals surface area contributed by atoms with Crippen molar-refractivity contribution < 1.29 is 9.52 Å². The van der Waals surface area contributed by atoms with Crippen molar-refractivity contribution in [2.75, 3.05) is 0 Å². The lowest BCUT2D eigenvalue weighted by Gasteiger charge is -2.09. The molecule has 1 unspecified atom stereocenters. The van der Waals surface area contributed by atoms with Gasteiger partial charge in [-0.2, -0.15) is 0 Å². The van der Waals surface area contributed by atoms with E-state index < -0.39 is 0 Å². The quantitative estimate of drug-likeness (QED) is 0.850. The first-order valence-electron chi connectivity index (χ1n) is 5.92. The van der Waals surface area contributed by atoms with Crippen LogP contribution in [0, 0.1) is 12.8 Å². The molecule has 1 heterocycles. The van der Waals surface area contributed by atoms with Gasteiger partial charge in [-0.05, 0) is 25.3 Å². The van der Waals surface area contributed by atoms with Gasteiger partial charge >= 0.3 is 0 Å². The Balaban J connectivity index is 2.03. The van der Waals surface area contributed by atoms with Crippen LogP contribution < -0.4 is 0 Å². The number of benzene rings is 1. The van der Waals surface area contributed by atoms with Gasteiger partial charge in [0.1, 0.15) is 11.3 Å². The van der Waals surface area contributed by atoms with Gasteiger partial charge in [-0.3, -0.25) is 0 Å². The zero-order chi connectivity index (χ0) is 11.1. The van der Waals surface area contributed by atoms with E-state index in [9.17, 15) is 5.11 Å². The van der Waals surface area contributed by atoms with E-state index in [1.165, 1.54) is 12.8 Å². The van der Waals surface area contributed by atoms with E-state index in [0.29, 0.717) is 0 Å². The molecule has 1 aliphatic rings. The normalized spacial score (nSPS) is 17.9. The van der Waals surface area contributed by atoms with Gasteiger partial charge in [0, 0.05) is 10.9 Å². The SMILES string of the molecule is Cc1oc2ccccc2c1C(O)CC1CC1. The van der Waals surface area contributed by atoms with Crippen LogP contribution >= 0.6 is 0 Å². The number of hydrogen-bond acceptors (Lipinski definition) is 2. The Morgan fingerprint density at radius 3 is 2.88 bits per heavy atom. The smallest absolute Gasteiger partial charge is 0.134 e. The van der Waals surface area contributed by atoms with Crippen molar-refractivity contribution in [1.29, 1.82) is 0 Å². The fraction of sp³-hybridized carbons (Fsp3) is 0.429. The zero-order valence-corrected chi connectivity index (χ0v) is 9.44. The highest BCUT2D eigenvalue weighted by Gasteiger charge is 2.27. The van der Waals surface area contributed by atoms with Gasteiger partial charge in [-0.15, -0.1) is 0 Å². The minimum Gasteiger partial charge on any atom is -0.461 e. The molecule has 2 aromatic rings. The number of fused-ring (bicyclic) bond motifs is 1. The number of aliphatic hydroxyl groups is 1. The summed E-state index contributed by atoms with van der Waals surface area (Å²) < 4.78 is 5.66. The fourth-order valence-electron chi connectivity index (χ4n) is 2.39. The van der Waals surface area contributed by atoms with Gasteiger partial charge in [0.15, 0.2) is 0 Å². The average Bonchev–Trinajstić information content (AvgIpc) is 2.98. The molecule has 1 atom stereocenters. The molecular weight excluding hydrogens is 200 g/mol. The summed E-state index contributed by atoms with van der Waals surface area (Å²) in [5.41, 5.74) is 1.87. The summed E-state index contributed by atoms with van der Waals surface area (Å²) in [6.07, 6.45) is 3.05. The van der Waals surface area contributed by atoms with Crippen molar-refractivity contribution in [2.45, 2.75) is 32.3 Å². The summed E-state index contributed by atoms with van der Waals surface area (Å²) in [5.74, 6) is 1.58. The average molecular weight is 216 g/mol. The Hall–Kier alpha value is -1.28. The monoisotopic (exact) mass is 216 g/mol. The molecular formula is C14H16O2. The van der Waals surface area contributed by atoms with Crippen LogP contribution in [0.1, 0.15) is 36.7 Å². The molecule has 0 bridgehead atoms. The van der Waals surface area contributed by atoms with Crippen LogP contribution in [0.15, 0.2) is 28.7 Å². The van der Waals surface area contributed by atoms with Crippen LogP contribution in [0.3, 0.4) is 0 Å². The van der Waals surface area contributed by atoms with Gasteiger partial charge < -0.3 is 9.52 Å². The number of furan rings is 1. The van der Waals surface area contributed by atoms with E-state index in [-0.39, 0.29) is 6.10 Å². The molecule has 1 aliphatic carbocycles. The molecule has 0 aliphatic heterocycles. The molecule has 1 saturated carbocycles. The fourth-order valence-corrected chi connectivity index (χ4v) is 2.39. The van der Waals surface area contributed by atoms with Crippen molar-refractivity contribution >= 4 is 11.0 Å². The van der Waals surface area contributed by atoms with Crippen LogP contribution in [0.5, 0.6) is 0 Å². The topological polar surface area (TPSA) is 33.4 Å². The first-order valence-corrected chi connectivity index (χ1v) is 5.92. The third-order valence-corrected chi connectivity index (χ3v) is 3.41. The number of para-hydroxylation sites is 1. The van der Waals surface area contributed by atoms with Crippen molar-refractivity contribution in [2.24, 2.45) is 5.92 Å². The molecule has 1 fully saturated rings. The van der Waals surface area contributed by atoms with E-state index >= 15 is 0 Å². The van der Waals surface area contributed by atoms with Crippen molar-refractivity contribution in [3.05, 3.63) is 35.6 Å². The summed E-state index contributed by atoms with van der Waals surface area (Å²) in [5, 5.41) is 11.3. The minimum atomic E-state index is -0.365. The molecule has 0 spiro atoms. The van der Waals surface area contributed by atoms with E-state index in [1.54, 1.807) is 0 Å². The van der Waals surface area contributed by atoms with E-state index in [1.807, 2.05) is 31.2 Å². The summed E-state index contributed by atoms with van der Waals surface area (Å²) in [7, 11) is 0.